The van der Waals surface area contributed by atoms with Crippen LogP contribution in [-0.2, 0) is 4.74 Å². The van der Waals surface area contributed by atoms with E-state index in [2.05, 4.69) is 0 Å². The maximum Gasteiger partial charge on any atom is 0.0609 e. The summed E-state index contributed by atoms with van der Waals surface area (Å²) < 4.78 is 5.01. The molecule has 0 spiro atoms. The smallest absolute Gasteiger partial charge is 0.0609 e. The number of rotatable bonds is 4. The van der Waals surface area contributed by atoms with Crippen molar-refractivity contribution in [3.8, 4) is 0 Å². The van der Waals surface area contributed by atoms with Gasteiger partial charge >= 0.3 is 0 Å². The molecule has 1 fully saturated rings. The van der Waals surface area contributed by atoms with Gasteiger partial charge in [0.15, 0.2) is 0 Å². The third-order valence-corrected chi connectivity index (χ3v) is 3.07. The van der Waals surface area contributed by atoms with E-state index < -0.39 is 0 Å². The van der Waals surface area contributed by atoms with E-state index >= 15 is 0 Å². The fourth-order valence-electron chi connectivity index (χ4n) is 2.06. The molecule has 1 rings (SSSR count). The predicted octanol–water partition coefficient (Wildman–Crippen LogP) is 0.513. The quantitative estimate of drug-likeness (QED) is 0.651. The minimum atomic E-state index is -0.211. The zero-order valence-corrected chi connectivity index (χ0v) is 7.75. The van der Waals surface area contributed by atoms with E-state index in [0.717, 1.165) is 25.7 Å². The second-order valence-corrected chi connectivity index (χ2v) is 3.72. The molecule has 1 aliphatic carbocycles. The van der Waals surface area contributed by atoms with Gasteiger partial charge in [0, 0.05) is 25.7 Å². The van der Waals surface area contributed by atoms with E-state index in [-0.39, 0.29) is 11.5 Å². The van der Waals surface area contributed by atoms with Crippen LogP contribution in [0.1, 0.15) is 25.7 Å². The normalized spacial score (nSPS) is 35.8. The van der Waals surface area contributed by atoms with Crippen LogP contribution in [-0.4, -0.2) is 31.5 Å². The van der Waals surface area contributed by atoms with Gasteiger partial charge in [-0.05, 0) is 19.3 Å². The van der Waals surface area contributed by atoms with Gasteiger partial charge in [0.25, 0.3) is 0 Å². The van der Waals surface area contributed by atoms with Crippen molar-refractivity contribution in [2.75, 3.05) is 20.3 Å². The summed E-state index contributed by atoms with van der Waals surface area (Å²) in [6.07, 6.45) is 3.73. The molecule has 3 N–H and O–H groups in total. The third kappa shape index (κ3) is 1.79. The van der Waals surface area contributed by atoms with Crippen molar-refractivity contribution in [1.82, 2.24) is 0 Å². The zero-order valence-electron chi connectivity index (χ0n) is 7.75. The van der Waals surface area contributed by atoms with E-state index in [1.807, 2.05) is 0 Å². The van der Waals surface area contributed by atoms with E-state index in [4.69, 9.17) is 10.5 Å². The van der Waals surface area contributed by atoms with Gasteiger partial charge < -0.3 is 15.6 Å². The van der Waals surface area contributed by atoms with Gasteiger partial charge in [-0.15, -0.1) is 0 Å². The SMILES string of the molecule is COCCC1(CN)CCCC1O. The fraction of sp³-hybridized carbons (Fsp3) is 1.00. The first-order valence-corrected chi connectivity index (χ1v) is 4.62. The van der Waals surface area contributed by atoms with Gasteiger partial charge in [-0.25, -0.2) is 0 Å². The van der Waals surface area contributed by atoms with Crippen LogP contribution in [0.3, 0.4) is 0 Å². The van der Waals surface area contributed by atoms with Gasteiger partial charge in [-0.1, -0.05) is 6.42 Å². The molecule has 12 heavy (non-hydrogen) atoms. The molecule has 3 heteroatoms. The van der Waals surface area contributed by atoms with E-state index in [1.54, 1.807) is 7.11 Å². The minimum Gasteiger partial charge on any atom is -0.392 e. The average molecular weight is 173 g/mol. The summed E-state index contributed by atoms with van der Waals surface area (Å²) in [4.78, 5) is 0. The lowest BCUT2D eigenvalue weighted by atomic mass is 9.81. The minimum absolute atomic E-state index is 0.0456. The molecule has 72 valence electrons. The van der Waals surface area contributed by atoms with Gasteiger partial charge in [0.1, 0.15) is 0 Å². The molecular weight excluding hydrogens is 154 g/mol. The highest BCUT2D eigenvalue weighted by Crippen LogP contribution is 2.40. The molecule has 0 amide bonds. The molecule has 3 nitrogen and oxygen atoms in total. The van der Waals surface area contributed by atoms with Crippen LogP contribution in [0.4, 0.5) is 0 Å². The summed E-state index contributed by atoms with van der Waals surface area (Å²) in [5.74, 6) is 0. The summed E-state index contributed by atoms with van der Waals surface area (Å²) in [5, 5.41) is 9.73. The molecule has 0 aromatic rings. The Bertz CT molecular complexity index is 140. The summed E-state index contributed by atoms with van der Waals surface area (Å²) in [5.41, 5.74) is 5.64. The molecule has 1 aliphatic rings. The van der Waals surface area contributed by atoms with Crippen molar-refractivity contribution in [1.29, 1.82) is 0 Å². The van der Waals surface area contributed by atoms with Crippen molar-refractivity contribution in [3.63, 3.8) is 0 Å². The first kappa shape index (κ1) is 9.96. The first-order valence-electron chi connectivity index (χ1n) is 4.62. The number of aliphatic hydroxyl groups is 1. The highest BCUT2D eigenvalue weighted by atomic mass is 16.5. The molecule has 0 aromatic heterocycles. The van der Waals surface area contributed by atoms with E-state index in [9.17, 15) is 5.11 Å². The molecule has 0 bridgehead atoms. The third-order valence-electron chi connectivity index (χ3n) is 3.07. The molecule has 1 saturated carbocycles. The maximum atomic E-state index is 9.73. The summed E-state index contributed by atoms with van der Waals surface area (Å²) in [7, 11) is 1.69. The lowest BCUT2D eigenvalue weighted by Gasteiger charge is -2.30. The number of nitrogens with two attached hydrogens (primary N) is 1. The number of hydrogen-bond donors (Lipinski definition) is 2. The maximum absolute atomic E-state index is 9.73. The highest BCUT2D eigenvalue weighted by Gasteiger charge is 2.40. The summed E-state index contributed by atoms with van der Waals surface area (Å²) >= 11 is 0. The molecule has 2 atom stereocenters. The average Bonchev–Trinajstić information content (AvgIpc) is 2.45. The van der Waals surface area contributed by atoms with Crippen LogP contribution >= 0.6 is 0 Å². The molecule has 0 heterocycles. The Morgan fingerprint density at radius 2 is 2.42 bits per heavy atom. The molecule has 0 aliphatic heterocycles. The lowest BCUT2D eigenvalue weighted by molar-refractivity contribution is 0.0311. The largest absolute Gasteiger partial charge is 0.392 e. The van der Waals surface area contributed by atoms with Crippen molar-refractivity contribution >= 4 is 0 Å². The summed E-state index contributed by atoms with van der Waals surface area (Å²) in [6.45, 7) is 1.28. The van der Waals surface area contributed by atoms with Crippen LogP contribution in [0.2, 0.25) is 0 Å². The van der Waals surface area contributed by atoms with Gasteiger partial charge in [-0.2, -0.15) is 0 Å². The summed E-state index contributed by atoms with van der Waals surface area (Å²) in [6, 6.07) is 0. The molecule has 2 unspecified atom stereocenters. The van der Waals surface area contributed by atoms with Crippen molar-refractivity contribution in [2.24, 2.45) is 11.1 Å². The van der Waals surface area contributed by atoms with Crippen LogP contribution in [0, 0.1) is 5.41 Å². The van der Waals surface area contributed by atoms with E-state index in [0.29, 0.717) is 13.2 Å². The zero-order chi connectivity index (χ0) is 9.03. The Kier molecular flexibility index (Phi) is 3.50. The van der Waals surface area contributed by atoms with Crippen LogP contribution < -0.4 is 5.73 Å². The van der Waals surface area contributed by atoms with Crippen molar-refractivity contribution in [3.05, 3.63) is 0 Å². The van der Waals surface area contributed by atoms with Gasteiger partial charge in [-0.3, -0.25) is 0 Å². The molecule has 0 radical (unpaired) electrons. The topological polar surface area (TPSA) is 55.5 Å². The van der Waals surface area contributed by atoms with Crippen molar-refractivity contribution in [2.45, 2.75) is 31.8 Å². The number of methoxy groups -OCH3 is 1. The second kappa shape index (κ2) is 4.21. The van der Waals surface area contributed by atoms with Crippen LogP contribution in [0.5, 0.6) is 0 Å². The lowest BCUT2D eigenvalue weighted by Crippen LogP contribution is -2.38. The van der Waals surface area contributed by atoms with Crippen LogP contribution in [0.15, 0.2) is 0 Å². The van der Waals surface area contributed by atoms with E-state index in [1.165, 1.54) is 0 Å². The molecule has 0 saturated heterocycles. The predicted molar refractivity (Wildman–Crippen MR) is 47.8 cm³/mol. The standard InChI is InChI=1S/C9H19NO2/c1-12-6-5-9(7-10)4-2-3-8(9)11/h8,11H,2-7,10H2,1H3. The van der Waals surface area contributed by atoms with Crippen LogP contribution in [0.25, 0.3) is 0 Å². The highest BCUT2D eigenvalue weighted by molar-refractivity contribution is 4.92. The van der Waals surface area contributed by atoms with Crippen molar-refractivity contribution < 1.29 is 9.84 Å². The number of ether oxygens (including phenoxy) is 1. The molecular formula is C9H19NO2. The molecule has 0 aromatic carbocycles. The number of aliphatic hydroxyl groups excluding tert-OH is 1. The fourth-order valence-corrected chi connectivity index (χ4v) is 2.06. The first-order chi connectivity index (χ1) is 5.75. The number of hydrogen-bond acceptors (Lipinski definition) is 3. The Hall–Kier alpha value is -0.120. The monoisotopic (exact) mass is 173 g/mol. The Labute approximate surface area is 73.9 Å². The Balaban J connectivity index is 2.49. The van der Waals surface area contributed by atoms with Gasteiger partial charge in [0.2, 0.25) is 0 Å². The van der Waals surface area contributed by atoms with Gasteiger partial charge in [0.05, 0.1) is 6.10 Å². The Morgan fingerprint density at radius 3 is 2.83 bits per heavy atom. The Morgan fingerprint density at radius 1 is 1.67 bits per heavy atom. The second-order valence-electron chi connectivity index (χ2n) is 3.72.